The predicted molar refractivity (Wildman–Crippen MR) is 233 cm³/mol. The number of carbonyl (C=O) groups is 1. The summed E-state index contributed by atoms with van der Waals surface area (Å²) in [5.41, 5.74) is -2.07. The maximum atomic E-state index is 15.0. The van der Waals surface area contributed by atoms with Gasteiger partial charge in [-0.15, -0.1) is 0 Å². The van der Waals surface area contributed by atoms with Crippen LogP contribution in [0.3, 0.4) is 0 Å². The fourth-order valence-corrected chi connectivity index (χ4v) is 15.4. The van der Waals surface area contributed by atoms with Crippen molar-refractivity contribution in [3.63, 3.8) is 0 Å². The molecule has 27 atom stereocenters. The van der Waals surface area contributed by atoms with Crippen molar-refractivity contribution in [1.29, 1.82) is 0 Å². The molecular weight excluding hydrogens is 897 g/mol. The third-order valence-electron chi connectivity index (χ3n) is 19.7. The van der Waals surface area contributed by atoms with E-state index in [9.17, 15) is 66.4 Å². The molecule has 4 saturated carbocycles. The molecule has 27 unspecified atom stereocenters. The van der Waals surface area contributed by atoms with Gasteiger partial charge in [-0.05, 0) is 104 Å². The summed E-state index contributed by atoms with van der Waals surface area (Å²) in [5, 5.41) is 140. The van der Waals surface area contributed by atoms with Gasteiger partial charge in [0, 0.05) is 12.0 Å². The zero-order chi connectivity index (χ0) is 49.8. The lowest BCUT2D eigenvalue weighted by atomic mass is 9.33. The summed E-state index contributed by atoms with van der Waals surface area (Å²) in [5.74, 6) is -1.33. The quantitative estimate of drug-likeness (QED) is 0.0827. The molecule has 8 aliphatic rings. The van der Waals surface area contributed by atoms with Gasteiger partial charge in [0.1, 0.15) is 67.1 Å². The molecule has 20 heteroatoms. The molecule has 5 aliphatic carbocycles. The standard InChI is InChI=1S/C48H78O20/c1-20-22(16-49)9-12-48(14-13-46(5)23(29(20)48)7-8-28-44(3)15-24(52)39(61)45(4,19-51)27(44)10-11-47(28,46)6)43(62)68-42-36(59)33(56)31(54)26(66-42)18-63-40-37(60)34(57)38(25(17-50)65-40)67-41-35(58)32(55)30(53)21(2)64-41/h7,20-22,24-42,49-61H,8-19H2,1-6H3. The van der Waals surface area contributed by atoms with Crippen molar-refractivity contribution in [2.45, 2.75) is 197 Å². The van der Waals surface area contributed by atoms with Crippen molar-refractivity contribution in [2.24, 2.45) is 56.7 Å². The van der Waals surface area contributed by atoms with Crippen molar-refractivity contribution in [3.8, 4) is 0 Å². The van der Waals surface area contributed by atoms with Gasteiger partial charge in [0.05, 0.1) is 43.5 Å². The number of carbonyl (C=O) groups excluding carboxylic acids is 1. The molecule has 13 N–H and O–H groups in total. The van der Waals surface area contributed by atoms with Crippen molar-refractivity contribution in [2.75, 3.05) is 26.4 Å². The van der Waals surface area contributed by atoms with Gasteiger partial charge in [-0.1, -0.05) is 46.3 Å². The third kappa shape index (κ3) is 7.98. The van der Waals surface area contributed by atoms with Crippen molar-refractivity contribution < 1.29 is 99.6 Å². The highest BCUT2D eigenvalue weighted by molar-refractivity contribution is 5.79. The minimum atomic E-state index is -1.90. The number of esters is 1. The van der Waals surface area contributed by atoms with E-state index in [0.717, 1.165) is 18.4 Å². The molecule has 0 aromatic rings. The molecule has 0 aromatic heterocycles. The van der Waals surface area contributed by atoms with Gasteiger partial charge in [-0.25, -0.2) is 0 Å². The first-order chi connectivity index (χ1) is 31.9. The number of allylic oxidation sites excluding steroid dienone is 2. The second-order valence-corrected chi connectivity index (χ2v) is 22.9. The van der Waals surface area contributed by atoms with Gasteiger partial charge < -0.3 is 94.8 Å². The summed E-state index contributed by atoms with van der Waals surface area (Å²) in [6.07, 6.45) is -20.0. The molecule has 0 bridgehead atoms. The molecule has 0 spiro atoms. The van der Waals surface area contributed by atoms with Gasteiger partial charge in [-0.3, -0.25) is 4.79 Å². The lowest BCUT2D eigenvalue weighted by molar-refractivity contribution is -0.361. The van der Waals surface area contributed by atoms with Gasteiger partial charge in [-0.2, -0.15) is 0 Å². The fraction of sp³-hybridized carbons (Fsp3) is 0.938. The van der Waals surface area contributed by atoms with E-state index in [4.69, 9.17) is 28.4 Å². The lowest BCUT2D eigenvalue weighted by Gasteiger charge is -2.71. The monoisotopic (exact) mass is 975 g/mol. The molecule has 7 fully saturated rings. The molecule has 390 valence electrons. The normalized spacial score (nSPS) is 56.0. The summed E-state index contributed by atoms with van der Waals surface area (Å²) < 4.78 is 34.6. The SMILES string of the molecule is CC1OC(OC2C(CO)OC(OCC3OC(OC(=O)C45CCC(CO)C(C)C4C4=CCC6C7(C)CC(O)C(O)C(C)(CO)C7CCC6(C)C4(C)CC5)C(O)C(O)C3O)C(O)C2O)C(O)C(O)C1O. The Kier molecular flexibility index (Phi) is 14.8. The smallest absolute Gasteiger partial charge is 0.315 e. The summed E-state index contributed by atoms with van der Waals surface area (Å²) in [7, 11) is 0. The summed E-state index contributed by atoms with van der Waals surface area (Å²) >= 11 is 0. The van der Waals surface area contributed by atoms with E-state index in [1.807, 2.05) is 6.92 Å². The van der Waals surface area contributed by atoms with E-state index in [0.29, 0.717) is 38.5 Å². The highest BCUT2D eigenvalue weighted by Gasteiger charge is 2.71. The first-order valence-electron chi connectivity index (χ1n) is 24.7. The van der Waals surface area contributed by atoms with Gasteiger partial charge in [0.25, 0.3) is 0 Å². The Bertz CT molecular complexity index is 1840. The first-order valence-corrected chi connectivity index (χ1v) is 24.7. The fourth-order valence-electron chi connectivity index (χ4n) is 15.4. The van der Waals surface area contributed by atoms with Crippen LogP contribution in [0, 0.1) is 56.7 Å². The number of aliphatic hydroxyl groups excluding tert-OH is 13. The second kappa shape index (κ2) is 19.1. The highest BCUT2D eigenvalue weighted by atomic mass is 16.8. The second-order valence-electron chi connectivity index (χ2n) is 22.9. The van der Waals surface area contributed by atoms with Crippen LogP contribution in [0.25, 0.3) is 0 Å². The minimum absolute atomic E-state index is 0.0448. The first kappa shape index (κ1) is 52.8. The van der Waals surface area contributed by atoms with Crippen LogP contribution in [0.2, 0.25) is 0 Å². The van der Waals surface area contributed by atoms with Crippen LogP contribution in [-0.2, 0) is 33.2 Å². The van der Waals surface area contributed by atoms with Crippen LogP contribution in [0.4, 0.5) is 0 Å². The third-order valence-corrected chi connectivity index (χ3v) is 19.7. The summed E-state index contributed by atoms with van der Waals surface area (Å²) in [6, 6.07) is 0. The lowest BCUT2D eigenvalue weighted by Crippen LogP contribution is -2.68. The van der Waals surface area contributed by atoms with Crippen molar-refractivity contribution >= 4 is 5.97 Å². The van der Waals surface area contributed by atoms with E-state index >= 15 is 4.79 Å². The van der Waals surface area contributed by atoms with Crippen LogP contribution in [0.5, 0.6) is 0 Å². The maximum absolute atomic E-state index is 15.0. The van der Waals surface area contributed by atoms with E-state index < -0.39 is 151 Å². The van der Waals surface area contributed by atoms with Gasteiger partial charge in [0.15, 0.2) is 12.6 Å². The topological polar surface area (TPSA) is 335 Å². The minimum Gasteiger partial charge on any atom is -0.432 e. The summed E-state index contributed by atoms with van der Waals surface area (Å²) in [6.45, 7) is 10.4. The zero-order valence-corrected chi connectivity index (χ0v) is 39.9. The van der Waals surface area contributed by atoms with Crippen LogP contribution in [0.1, 0.15) is 92.9 Å². The largest absolute Gasteiger partial charge is 0.432 e. The molecule has 3 aliphatic heterocycles. The van der Waals surface area contributed by atoms with E-state index in [1.54, 1.807) is 0 Å². The van der Waals surface area contributed by atoms with Crippen LogP contribution in [-0.4, -0.2) is 203 Å². The Labute approximate surface area is 396 Å². The van der Waals surface area contributed by atoms with E-state index in [1.165, 1.54) is 6.92 Å². The molecule has 3 heterocycles. The van der Waals surface area contributed by atoms with Crippen molar-refractivity contribution in [1.82, 2.24) is 0 Å². The molecule has 3 saturated heterocycles. The van der Waals surface area contributed by atoms with Crippen molar-refractivity contribution in [3.05, 3.63) is 11.6 Å². The Morgan fingerprint density at radius 1 is 0.691 bits per heavy atom. The van der Waals surface area contributed by atoms with Crippen LogP contribution < -0.4 is 0 Å². The number of fused-ring (bicyclic) bond motifs is 7. The number of hydrogen-bond donors (Lipinski definition) is 13. The Hall–Kier alpha value is -1.51. The van der Waals surface area contributed by atoms with Gasteiger partial charge in [0.2, 0.25) is 6.29 Å². The predicted octanol–water partition coefficient (Wildman–Crippen LogP) is -2.06. The molecule has 68 heavy (non-hydrogen) atoms. The molecule has 0 amide bonds. The highest BCUT2D eigenvalue weighted by Crippen LogP contribution is 2.76. The van der Waals surface area contributed by atoms with Gasteiger partial charge >= 0.3 is 5.97 Å². The van der Waals surface area contributed by atoms with E-state index in [2.05, 4.69) is 33.8 Å². The molecule has 0 radical (unpaired) electrons. The maximum Gasteiger partial charge on any atom is 0.315 e. The Morgan fingerprint density at radius 3 is 2.00 bits per heavy atom. The van der Waals surface area contributed by atoms with E-state index in [-0.39, 0.29) is 42.3 Å². The Balaban J connectivity index is 0.994. The number of ether oxygens (including phenoxy) is 6. The zero-order valence-electron chi connectivity index (χ0n) is 39.9. The number of aliphatic hydroxyl groups is 13. The van der Waals surface area contributed by atoms with Crippen LogP contribution in [0.15, 0.2) is 11.6 Å². The van der Waals surface area contributed by atoms with Crippen LogP contribution >= 0.6 is 0 Å². The molecule has 8 rings (SSSR count). The molecular formula is C48H78O20. The average Bonchev–Trinajstić information content (AvgIpc) is 3.31. The number of rotatable bonds is 10. The molecule has 20 nitrogen and oxygen atoms in total. The Morgan fingerprint density at radius 2 is 1.34 bits per heavy atom. The number of hydrogen-bond acceptors (Lipinski definition) is 20. The average molecular weight is 975 g/mol. The summed E-state index contributed by atoms with van der Waals surface area (Å²) in [4.78, 5) is 15.0. The molecule has 0 aromatic carbocycles.